The smallest absolute Gasteiger partial charge is 0.269 e. The molecule has 0 atom stereocenters. The van der Waals surface area contributed by atoms with Crippen LogP contribution in [0.4, 0.5) is 5.69 Å². The lowest BCUT2D eigenvalue weighted by molar-refractivity contribution is -0.384. The first kappa shape index (κ1) is 12.0. The Labute approximate surface area is 94.7 Å². The average Bonchev–Trinajstić information content (AvgIpc) is 2.25. The van der Waals surface area contributed by atoms with Crippen molar-refractivity contribution in [1.29, 1.82) is 0 Å². The third-order valence-electron chi connectivity index (χ3n) is 1.89. The maximum absolute atomic E-state index is 10.4. The molecule has 1 rings (SSSR count). The van der Waals surface area contributed by atoms with Crippen molar-refractivity contribution in [3.63, 3.8) is 0 Å². The van der Waals surface area contributed by atoms with Crippen molar-refractivity contribution in [3.8, 4) is 0 Å². The molecule has 0 bridgehead atoms. The van der Waals surface area contributed by atoms with E-state index in [9.17, 15) is 10.1 Å². The van der Waals surface area contributed by atoms with Crippen LogP contribution in [-0.2, 0) is 0 Å². The van der Waals surface area contributed by atoms with E-state index >= 15 is 0 Å². The zero-order valence-electron chi connectivity index (χ0n) is 9.33. The van der Waals surface area contributed by atoms with Crippen molar-refractivity contribution < 1.29 is 4.92 Å². The van der Waals surface area contributed by atoms with Crippen molar-refractivity contribution in [2.45, 2.75) is 0 Å². The molecule has 0 N–H and O–H groups in total. The van der Waals surface area contributed by atoms with E-state index in [0.717, 1.165) is 5.56 Å². The van der Waals surface area contributed by atoms with Crippen LogP contribution in [0.5, 0.6) is 0 Å². The quantitative estimate of drug-likeness (QED) is 0.443. The number of nitro benzene ring substituents is 1. The van der Waals surface area contributed by atoms with Gasteiger partial charge in [-0.15, -0.1) is 0 Å². The first-order chi connectivity index (χ1) is 7.59. The second-order valence-corrected chi connectivity index (χ2v) is 3.51. The molecular weight excluding hydrogens is 204 g/mol. The average molecular weight is 218 g/mol. The SMILES string of the molecule is CN(C)C=CC=Cc1ccc([N+](=O)[O-])cc1. The fraction of sp³-hybridized carbons (Fsp3) is 0.167. The van der Waals surface area contributed by atoms with E-state index in [2.05, 4.69) is 0 Å². The number of hydrogen-bond donors (Lipinski definition) is 0. The van der Waals surface area contributed by atoms with Gasteiger partial charge in [0, 0.05) is 26.2 Å². The van der Waals surface area contributed by atoms with Crippen molar-refractivity contribution in [1.82, 2.24) is 4.90 Å². The van der Waals surface area contributed by atoms with Crippen molar-refractivity contribution in [2.75, 3.05) is 14.1 Å². The summed E-state index contributed by atoms with van der Waals surface area (Å²) >= 11 is 0. The lowest BCUT2D eigenvalue weighted by Gasteiger charge is -2.00. The summed E-state index contributed by atoms with van der Waals surface area (Å²) in [5.74, 6) is 0. The Morgan fingerprint density at radius 2 is 1.81 bits per heavy atom. The molecule has 0 unspecified atom stereocenters. The lowest BCUT2D eigenvalue weighted by atomic mass is 10.2. The van der Waals surface area contributed by atoms with Crippen LogP contribution < -0.4 is 0 Å². The number of nitrogens with zero attached hydrogens (tertiary/aromatic N) is 2. The largest absolute Gasteiger partial charge is 0.383 e. The molecule has 1 aromatic carbocycles. The normalized spacial score (nSPS) is 11.1. The monoisotopic (exact) mass is 218 g/mol. The molecule has 0 aliphatic carbocycles. The fourth-order valence-corrected chi connectivity index (χ4v) is 1.10. The van der Waals surface area contributed by atoms with E-state index in [1.807, 2.05) is 43.4 Å². The predicted molar refractivity (Wildman–Crippen MR) is 65.0 cm³/mol. The summed E-state index contributed by atoms with van der Waals surface area (Å²) < 4.78 is 0. The van der Waals surface area contributed by atoms with Gasteiger partial charge in [0.1, 0.15) is 0 Å². The summed E-state index contributed by atoms with van der Waals surface area (Å²) in [4.78, 5) is 11.9. The standard InChI is InChI=1S/C12H14N2O2/c1-13(2)10-4-3-5-11-6-8-12(9-7-11)14(15)16/h3-10H,1-2H3. The molecule has 1 aromatic rings. The third-order valence-corrected chi connectivity index (χ3v) is 1.89. The number of nitro groups is 1. The number of non-ortho nitro benzene ring substituents is 1. The lowest BCUT2D eigenvalue weighted by Crippen LogP contribution is -1.99. The molecule has 0 aliphatic rings. The Bertz CT molecular complexity index is 406. The summed E-state index contributed by atoms with van der Waals surface area (Å²) in [5, 5.41) is 10.4. The van der Waals surface area contributed by atoms with Gasteiger partial charge in [0.2, 0.25) is 0 Å². The van der Waals surface area contributed by atoms with Crippen molar-refractivity contribution in [2.24, 2.45) is 0 Å². The van der Waals surface area contributed by atoms with E-state index in [0.29, 0.717) is 0 Å². The Hall–Kier alpha value is -2.10. The number of benzene rings is 1. The Morgan fingerprint density at radius 3 is 2.31 bits per heavy atom. The molecular formula is C12H14N2O2. The molecule has 16 heavy (non-hydrogen) atoms. The van der Waals surface area contributed by atoms with Crippen LogP contribution in [0.15, 0.2) is 42.6 Å². The minimum Gasteiger partial charge on any atom is -0.383 e. The molecule has 0 radical (unpaired) electrons. The number of allylic oxidation sites excluding steroid dienone is 2. The van der Waals surface area contributed by atoms with Gasteiger partial charge >= 0.3 is 0 Å². The maximum atomic E-state index is 10.4. The summed E-state index contributed by atoms with van der Waals surface area (Å²) in [5.41, 5.74) is 1.05. The van der Waals surface area contributed by atoms with Gasteiger partial charge in [-0.2, -0.15) is 0 Å². The highest BCUT2D eigenvalue weighted by Crippen LogP contribution is 2.12. The molecule has 0 amide bonds. The zero-order chi connectivity index (χ0) is 12.0. The van der Waals surface area contributed by atoms with Gasteiger partial charge in [-0.05, 0) is 30.0 Å². The van der Waals surface area contributed by atoms with E-state index in [1.165, 1.54) is 12.1 Å². The summed E-state index contributed by atoms with van der Waals surface area (Å²) in [7, 11) is 3.88. The molecule has 0 aromatic heterocycles. The van der Waals surface area contributed by atoms with Gasteiger partial charge in [-0.1, -0.05) is 12.2 Å². The van der Waals surface area contributed by atoms with Gasteiger partial charge in [0.15, 0.2) is 0 Å². The van der Waals surface area contributed by atoms with E-state index in [-0.39, 0.29) is 5.69 Å². The summed E-state index contributed by atoms with van der Waals surface area (Å²) in [6.45, 7) is 0. The second kappa shape index (κ2) is 5.70. The van der Waals surface area contributed by atoms with Gasteiger partial charge in [0.05, 0.1) is 4.92 Å². The Balaban J connectivity index is 2.65. The van der Waals surface area contributed by atoms with Crippen LogP contribution in [0.2, 0.25) is 0 Å². The van der Waals surface area contributed by atoms with E-state index in [1.54, 1.807) is 12.1 Å². The van der Waals surface area contributed by atoms with Gasteiger partial charge in [-0.25, -0.2) is 0 Å². The molecule has 84 valence electrons. The fourth-order valence-electron chi connectivity index (χ4n) is 1.10. The molecule has 0 aliphatic heterocycles. The second-order valence-electron chi connectivity index (χ2n) is 3.51. The summed E-state index contributed by atoms with van der Waals surface area (Å²) in [6, 6.07) is 6.43. The molecule has 4 nitrogen and oxygen atoms in total. The van der Waals surface area contributed by atoms with Crippen LogP contribution in [0, 0.1) is 10.1 Å². The Kier molecular flexibility index (Phi) is 4.27. The first-order valence-electron chi connectivity index (χ1n) is 4.85. The predicted octanol–water partition coefficient (Wildman–Crippen LogP) is 2.68. The first-order valence-corrected chi connectivity index (χ1v) is 4.85. The topological polar surface area (TPSA) is 46.4 Å². The van der Waals surface area contributed by atoms with E-state index < -0.39 is 4.92 Å². The van der Waals surface area contributed by atoms with Crippen molar-refractivity contribution >= 4 is 11.8 Å². The van der Waals surface area contributed by atoms with Crippen LogP contribution in [-0.4, -0.2) is 23.9 Å². The number of hydrogen-bond acceptors (Lipinski definition) is 3. The van der Waals surface area contributed by atoms with E-state index in [4.69, 9.17) is 0 Å². The van der Waals surface area contributed by atoms with Crippen LogP contribution in [0.3, 0.4) is 0 Å². The highest BCUT2D eigenvalue weighted by atomic mass is 16.6. The molecule has 0 heterocycles. The van der Waals surface area contributed by atoms with Crippen LogP contribution in [0.1, 0.15) is 5.56 Å². The third kappa shape index (κ3) is 3.96. The van der Waals surface area contributed by atoms with Crippen LogP contribution in [0.25, 0.3) is 6.08 Å². The minimum atomic E-state index is -0.403. The highest BCUT2D eigenvalue weighted by Gasteiger charge is 2.01. The Morgan fingerprint density at radius 1 is 1.19 bits per heavy atom. The zero-order valence-corrected chi connectivity index (χ0v) is 9.33. The molecule has 0 fully saturated rings. The van der Waals surface area contributed by atoms with Gasteiger partial charge in [0.25, 0.3) is 5.69 Å². The highest BCUT2D eigenvalue weighted by molar-refractivity contribution is 5.53. The number of rotatable bonds is 4. The minimum absolute atomic E-state index is 0.112. The molecule has 0 saturated heterocycles. The molecule has 0 saturated carbocycles. The molecule has 4 heteroatoms. The van der Waals surface area contributed by atoms with Crippen molar-refractivity contribution in [3.05, 3.63) is 58.3 Å². The van der Waals surface area contributed by atoms with Gasteiger partial charge in [-0.3, -0.25) is 10.1 Å². The van der Waals surface area contributed by atoms with Gasteiger partial charge < -0.3 is 4.90 Å². The summed E-state index contributed by atoms with van der Waals surface area (Å²) in [6.07, 6.45) is 7.61. The molecule has 0 spiro atoms. The maximum Gasteiger partial charge on any atom is 0.269 e. The van der Waals surface area contributed by atoms with Crippen LogP contribution >= 0.6 is 0 Å².